The van der Waals surface area contributed by atoms with Crippen LogP contribution in [0.25, 0.3) is 0 Å². The molecule has 2 aromatic carbocycles. The second kappa shape index (κ2) is 11.0. The summed E-state index contributed by atoms with van der Waals surface area (Å²) in [4.78, 5) is 31.4. The molecule has 1 aromatic heterocycles. The van der Waals surface area contributed by atoms with Crippen molar-refractivity contribution >= 4 is 17.6 Å². The van der Waals surface area contributed by atoms with E-state index in [9.17, 15) is 9.59 Å². The van der Waals surface area contributed by atoms with Crippen LogP contribution >= 0.6 is 0 Å². The lowest BCUT2D eigenvalue weighted by molar-refractivity contribution is 0.0526. The molecule has 3 aromatic rings. The van der Waals surface area contributed by atoms with Gasteiger partial charge in [-0.25, -0.2) is 4.79 Å². The Morgan fingerprint density at radius 2 is 1.58 bits per heavy atom. The van der Waals surface area contributed by atoms with Crippen LogP contribution in [0.4, 0.5) is 5.69 Å². The number of anilines is 1. The van der Waals surface area contributed by atoms with Crippen LogP contribution in [0.5, 0.6) is 17.2 Å². The molecule has 0 fully saturated rings. The van der Waals surface area contributed by atoms with Gasteiger partial charge in [0.25, 0.3) is 5.91 Å². The monoisotopic (exact) mass is 450 g/mol. The lowest BCUT2D eigenvalue weighted by Crippen LogP contribution is -2.30. The van der Waals surface area contributed by atoms with E-state index in [-0.39, 0.29) is 19.1 Å². The first-order valence-corrected chi connectivity index (χ1v) is 10.3. The Balaban J connectivity index is 2.03. The van der Waals surface area contributed by atoms with Crippen LogP contribution in [0.1, 0.15) is 33.2 Å². The zero-order valence-electron chi connectivity index (χ0n) is 19.0. The molecule has 33 heavy (non-hydrogen) atoms. The number of hydrogen-bond donors (Lipinski definition) is 0. The van der Waals surface area contributed by atoms with Crippen molar-refractivity contribution in [1.82, 2.24) is 4.98 Å². The van der Waals surface area contributed by atoms with Crippen molar-refractivity contribution in [2.24, 2.45) is 0 Å². The number of amides is 1. The molecule has 1 heterocycles. The summed E-state index contributed by atoms with van der Waals surface area (Å²) in [6.45, 7) is 2.30. The van der Waals surface area contributed by atoms with Crippen LogP contribution in [0, 0.1) is 0 Å². The number of carbonyl (C=O) groups is 2. The Kier molecular flexibility index (Phi) is 7.86. The number of pyridine rings is 1. The van der Waals surface area contributed by atoms with Gasteiger partial charge in [-0.05, 0) is 55.0 Å². The van der Waals surface area contributed by atoms with Crippen molar-refractivity contribution in [1.29, 1.82) is 0 Å². The van der Waals surface area contributed by atoms with Crippen molar-refractivity contribution in [3.8, 4) is 17.2 Å². The zero-order chi connectivity index (χ0) is 23.8. The first kappa shape index (κ1) is 23.6. The number of rotatable bonds is 9. The summed E-state index contributed by atoms with van der Waals surface area (Å²) >= 11 is 0. The lowest BCUT2D eigenvalue weighted by Gasteiger charge is -2.24. The number of methoxy groups -OCH3 is 3. The van der Waals surface area contributed by atoms with Gasteiger partial charge in [0.05, 0.1) is 40.0 Å². The molecule has 0 aliphatic carbocycles. The predicted octanol–water partition coefficient (Wildman–Crippen LogP) is 4.13. The number of esters is 1. The van der Waals surface area contributed by atoms with E-state index < -0.39 is 5.97 Å². The van der Waals surface area contributed by atoms with Crippen molar-refractivity contribution in [2.45, 2.75) is 13.5 Å². The lowest BCUT2D eigenvalue weighted by atomic mass is 10.1. The number of benzene rings is 2. The minimum Gasteiger partial charge on any atom is -0.493 e. The normalized spacial score (nSPS) is 10.3. The van der Waals surface area contributed by atoms with E-state index in [4.69, 9.17) is 18.9 Å². The topological polar surface area (TPSA) is 87.2 Å². The quantitative estimate of drug-likeness (QED) is 0.453. The Morgan fingerprint density at radius 3 is 2.09 bits per heavy atom. The maximum Gasteiger partial charge on any atom is 0.338 e. The van der Waals surface area contributed by atoms with Crippen molar-refractivity contribution in [3.05, 3.63) is 77.6 Å². The van der Waals surface area contributed by atoms with E-state index in [2.05, 4.69) is 4.98 Å². The molecule has 1 amide bonds. The van der Waals surface area contributed by atoms with Crippen LogP contribution in [0.2, 0.25) is 0 Å². The molecule has 0 atom stereocenters. The van der Waals surface area contributed by atoms with Gasteiger partial charge in [0.1, 0.15) is 0 Å². The van der Waals surface area contributed by atoms with Gasteiger partial charge in [0, 0.05) is 23.6 Å². The van der Waals surface area contributed by atoms with Crippen molar-refractivity contribution in [3.63, 3.8) is 0 Å². The number of carbonyl (C=O) groups excluding carboxylic acids is 2. The second-order valence-electron chi connectivity index (χ2n) is 6.93. The van der Waals surface area contributed by atoms with Crippen LogP contribution in [-0.4, -0.2) is 44.8 Å². The summed E-state index contributed by atoms with van der Waals surface area (Å²) in [5.74, 6) is 0.438. The molecule has 0 spiro atoms. The van der Waals surface area contributed by atoms with Gasteiger partial charge in [0.15, 0.2) is 11.5 Å². The van der Waals surface area contributed by atoms with E-state index in [0.29, 0.717) is 34.1 Å². The first-order valence-electron chi connectivity index (χ1n) is 10.3. The smallest absolute Gasteiger partial charge is 0.338 e. The van der Waals surface area contributed by atoms with Crippen molar-refractivity contribution in [2.75, 3.05) is 32.8 Å². The van der Waals surface area contributed by atoms with Crippen LogP contribution in [0.15, 0.2) is 60.9 Å². The number of ether oxygens (including phenoxy) is 4. The molecule has 0 radical (unpaired) electrons. The highest BCUT2D eigenvalue weighted by Gasteiger charge is 2.23. The van der Waals surface area contributed by atoms with E-state index in [1.54, 1.807) is 66.7 Å². The van der Waals surface area contributed by atoms with Gasteiger partial charge in [-0.1, -0.05) is 6.07 Å². The highest BCUT2D eigenvalue weighted by atomic mass is 16.5. The van der Waals surface area contributed by atoms with Crippen LogP contribution in [-0.2, 0) is 11.3 Å². The first-order chi connectivity index (χ1) is 16.0. The SMILES string of the molecule is CCOC(=O)c1ccc(N(Cc2cccnc2)C(=O)c2cc(OC)c(OC)c(OC)c2)cc1. The van der Waals surface area contributed by atoms with Crippen LogP contribution < -0.4 is 19.1 Å². The largest absolute Gasteiger partial charge is 0.493 e. The molecule has 172 valence electrons. The van der Waals surface area contributed by atoms with Gasteiger partial charge in [-0.15, -0.1) is 0 Å². The fourth-order valence-corrected chi connectivity index (χ4v) is 3.31. The number of nitrogens with zero attached hydrogens (tertiary/aromatic N) is 2. The third kappa shape index (κ3) is 5.41. The number of aromatic nitrogens is 1. The Hall–Kier alpha value is -4.07. The molecular formula is C25H26N2O6. The molecule has 0 bridgehead atoms. The zero-order valence-corrected chi connectivity index (χ0v) is 19.0. The highest BCUT2D eigenvalue weighted by Crippen LogP contribution is 2.39. The average Bonchev–Trinajstić information content (AvgIpc) is 2.86. The summed E-state index contributed by atoms with van der Waals surface area (Å²) in [6, 6.07) is 13.6. The second-order valence-corrected chi connectivity index (χ2v) is 6.93. The molecule has 0 saturated carbocycles. The van der Waals surface area contributed by atoms with Gasteiger partial charge in [-0.2, -0.15) is 0 Å². The summed E-state index contributed by atoms with van der Waals surface area (Å²) in [6.07, 6.45) is 3.37. The fourth-order valence-electron chi connectivity index (χ4n) is 3.31. The summed E-state index contributed by atoms with van der Waals surface area (Å²) in [7, 11) is 4.49. The predicted molar refractivity (Wildman–Crippen MR) is 123 cm³/mol. The highest BCUT2D eigenvalue weighted by molar-refractivity contribution is 6.07. The van der Waals surface area contributed by atoms with Crippen LogP contribution in [0.3, 0.4) is 0 Å². The molecule has 0 saturated heterocycles. The summed E-state index contributed by atoms with van der Waals surface area (Å²) < 4.78 is 21.2. The van der Waals surface area contributed by atoms with E-state index in [1.807, 2.05) is 6.07 Å². The molecular weight excluding hydrogens is 424 g/mol. The molecule has 0 unspecified atom stereocenters. The summed E-state index contributed by atoms with van der Waals surface area (Å²) in [5, 5.41) is 0. The molecule has 3 rings (SSSR count). The minimum absolute atomic E-state index is 0.266. The summed E-state index contributed by atoms with van der Waals surface area (Å²) in [5.41, 5.74) is 2.20. The molecule has 0 aliphatic rings. The Morgan fingerprint density at radius 1 is 0.909 bits per heavy atom. The Bertz CT molecular complexity index is 1070. The standard InChI is InChI=1S/C25H26N2O6/c1-5-33-25(29)18-8-10-20(11-9-18)27(16-17-7-6-12-26-15-17)24(28)19-13-21(30-2)23(32-4)22(14-19)31-3/h6-15H,5,16H2,1-4H3. The van der Waals surface area contributed by atoms with Crippen molar-refractivity contribution < 1.29 is 28.5 Å². The van der Waals surface area contributed by atoms with E-state index in [0.717, 1.165) is 5.56 Å². The van der Waals surface area contributed by atoms with Gasteiger partial charge >= 0.3 is 5.97 Å². The minimum atomic E-state index is -0.418. The third-order valence-corrected chi connectivity index (χ3v) is 4.91. The maximum absolute atomic E-state index is 13.7. The number of hydrogen-bond acceptors (Lipinski definition) is 7. The molecule has 8 nitrogen and oxygen atoms in total. The van der Waals surface area contributed by atoms with Gasteiger partial charge in [0.2, 0.25) is 5.75 Å². The average molecular weight is 450 g/mol. The fraction of sp³-hybridized carbons (Fsp3) is 0.240. The molecule has 0 N–H and O–H groups in total. The maximum atomic E-state index is 13.7. The van der Waals surface area contributed by atoms with Gasteiger partial charge < -0.3 is 23.8 Å². The third-order valence-electron chi connectivity index (χ3n) is 4.91. The van der Waals surface area contributed by atoms with Gasteiger partial charge in [-0.3, -0.25) is 9.78 Å². The molecule has 0 aliphatic heterocycles. The van der Waals surface area contributed by atoms with E-state index >= 15 is 0 Å². The van der Waals surface area contributed by atoms with E-state index in [1.165, 1.54) is 21.3 Å². The molecule has 8 heteroatoms. The Labute approximate surface area is 192 Å².